The summed E-state index contributed by atoms with van der Waals surface area (Å²) in [6, 6.07) is 8.39. The number of unbranched alkanes of at least 4 members (excludes halogenated alkanes) is 6. The van der Waals surface area contributed by atoms with E-state index in [0.717, 1.165) is 5.02 Å². The van der Waals surface area contributed by atoms with Crippen LogP contribution in [0, 0.1) is 0 Å². The highest BCUT2D eigenvalue weighted by Crippen LogP contribution is 2.32. The normalized spacial score (nSPS) is 12.6. The summed E-state index contributed by atoms with van der Waals surface area (Å²) in [5.74, 6) is 0.657. The molecule has 20 heavy (non-hydrogen) atoms. The lowest BCUT2D eigenvalue weighted by atomic mass is 9.89. The van der Waals surface area contributed by atoms with Crippen LogP contribution in [0.5, 0.6) is 0 Å². The van der Waals surface area contributed by atoms with E-state index in [4.69, 9.17) is 11.6 Å². The van der Waals surface area contributed by atoms with Crippen molar-refractivity contribution in [3.63, 3.8) is 0 Å². The maximum atomic E-state index is 6.35. The first-order chi connectivity index (χ1) is 9.79. The molecule has 0 aliphatic heterocycles. The molecule has 0 N–H and O–H groups in total. The summed E-state index contributed by atoms with van der Waals surface area (Å²) in [5.41, 5.74) is 1.36. The van der Waals surface area contributed by atoms with Crippen molar-refractivity contribution in [3.8, 4) is 0 Å². The molecule has 0 spiro atoms. The van der Waals surface area contributed by atoms with Crippen molar-refractivity contribution < 1.29 is 0 Å². The van der Waals surface area contributed by atoms with E-state index < -0.39 is 0 Å². The minimum absolute atomic E-state index is 0.657. The summed E-state index contributed by atoms with van der Waals surface area (Å²) in [5, 5.41) is 0.953. The van der Waals surface area contributed by atoms with E-state index in [9.17, 15) is 0 Å². The number of rotatable bonds is 11. The zero-order chi connectivity index (χ0) is 14.6. The molecule has 0 aliphatic rings. The Kier molecular flexibility index (Phi) is 9.83. The SMILES string of the molecule is CCCCCCCCCC(CCC)c1ccccc1Cl. The molecule has 1 rings (SSSR count). The predicted octanol–water partition coefficient (Wildman–Crippen LogP) is 7.36. The molecule has 1 aromatic rings. The molecule has 1 heteroatoms. The van der Waals surface area contributed by atoms with E-state index in [1.807, 2.05) is 12.1 Å². The van der Waals surface area contributed by atoms with Crippen LogP contribution < -0.4 is 0 Å². The second kappa shape index (κ2) is 11.2. The van der Waals surface area contributed by atoms with Crippen LogP contribution >= 0.6 is 11.6 Å². The van der Waals surface area contributed by atoms with Crippen molar-refractivity contribution in [2.24, 2.45) is 0 Å². The first-order valence-corrected chi connectivity index (χ1v) is 8.91. The molecule has 0 aliphatic carbocycles. The minimum atomic E-state index is 0.657. The van der Waals surface area contributed by atoms with E-state index in [1.54, 1.807) is 0 Å². The Morgan fingerprint density at radius 3 is 2.10 bits per heavy atom. The van der Waals surface area contributed by atoms with E-state index in [1.165, 1.54) is 69.8 Å². The first-order valence-electron chi connectivity index (χ1n) is 8.54. The van der Waals surface area contributed by atoms with E-state index >= 15 is 0 Å². The fourth-order valence-corrected chi connectivity index (χ4v) is 3.25. The third-order valence-electron chi connectivity index (χ3n) is 4.14. The number of hydrogen-bond acceptors (Lipinski definition) is 0. The largest absolute Gasteiger partial charge is 0.0840 e. The second-order valence-corrected chi connectivity index (χ2v) is 6.32. The van der Waals surface area contributed by atoms with Gasteiger partial charge in [-0.3, -0.25) is 0 Å². The quantitative estimate of drug-likeness (QED) is 0.374. The van der Waals surface area contributed by atoms with Gasteiger partial charge in [0.2, 0.25) is 0 Å². The minimum Gasteiger partial charge on any atom is -0.0840 e. The lowest BCUT2D eigenvalue weighted by molar-refractivity contribution is 0.509. The number of benzene rings is 1. The van der Waals surface area contributed by atoms with Crippen LogP contribution in [0.3, 0.4) is 0 Å². The molecule has 0 heterocycles. The van der Waals surface area contributed by atoms with E-state index in [0.29, 0.717) is 5.92 Å². The van der Waals surface area contributed by atoms with Gasteiger partial charge >= 0.3 is 0 Å². The molecule has 0 amide bonds. The van der Waals surface area contributed by atoms with Gasteiger partial charge in [-0.15, -0.1) is 0 Å². The van der Waals surface area contributed by atoms with Gasteiger partial charge in [0.25, 0.3) is 0 Å². The van der Waals surface area contributed by atoms with E-state index in [-0.39, 0.29) is 0 Å². The zero-order valence-corrected chi connectivity index (χ0v) is 14.1. The Bertz CT molecular complexity index is 345. The predicted molar refractivity (Wildman–Crippen MR) is 91.7 cm³/mol. The summed E-state index contributed by atoms with van der Waals surface area (Å²) < 4.78 is 0. The molecular weight excluding hydrogens is 264 g/mol. The summed E-state index contributed by atoms with van der Waals surface area (Å²) >= 11 is 6.35. The van der Waals surface area contributed by atoms with Crippen LogP contribution in [0.4, 0.5) is 0 Å². The summed E-state index contributed by atoms with van der Waals surface area (Å²) in [6.07, 6.45) is 13.5. The monoisotopic (exact) mass is 294 g/mol. The third-order valence-corrected chi connectivity index (χ3v) is 4.48. The highest BCUT2D eigenvalue weighted by molar-refractivity contribution is 6.31. The van der Waals surface area contributed by atoms with Gasteiger partial charge < -0.3 is 0 Å². The average Bonchev–Trinajstić information content (AvgIpc) is 2.46. The standard InChI is InChI=1S/C19H31Cl/c1-3-5-6-7-8-9-10-14-17(13-4-2)18-15-11-12-16-19(18)20/h11-12,15-17H,3-10,13-14H2,1-2H3. The molecule has 0 saturated carbocycles. The van der Waals surface area contributed by atoms with Crippen LogP contribution in [0.1, 0.15) is 89.5 Å². The summed E-state index contributed by atoms with van der Waals surface area (Å²) in [6.45, 7) is 4.55. The maximum absolute atomic E-state index is 6.35. The first kappa shape index (κ1) is 17.6. The molecule has 0 nitrogen and oxygen atoms in total. The van der Waals surface area contributed by atoms with Crippen LogP contribution in [-0.2, 0) is 0 Å². The third kappa shape index (κ3) is 6.79. The van der Waals surface area contributed by atoms with Gasteiger partial charge in [0.1, 0.15) is 0 Å². The van der Waals surface area contributed by atoms with Crippen molar-refractivity contribution in [1.82, 2.24) is 0 Å². The van der Waals surface area contributed by atoms with Crippen molar-refractivity contribution >= 4 is 11.6 Å². The number of hydrogen-bond donors (Lipinski definition) is 0. The summed E-state index contributed by atoms with van der Waals surface area (Å²) in [7, 11) is 0. The van der Waals surface area contributed by atoms with Gasteiger partial charge in [-0.1, -0.05) is 95.0 Å². The molecule has 0 aromatic heterocycles. The molecule has 0 fully saturated rings. The fraction of sp³-hybridized carbons (Fsp3) is 0.684. The van der Waals surface area contributed by atoms with Crippen molar-refractivity contribution in [3.05, 3.63) is 34.9 Å². The molecule has 1 aromatic carbocycles. The van der Waals surface area contributed by atoms with Crippen molar-refractivity contribution in [1.29, 1.82) is 0 Å². The second-order valence-electron chi connectivity index (χ2n) is 5.92. The van der Waals surface area contributed by atoms with Crippen LogP contribution in [0.15, 0.2) is 24.3 Å². The van der Waals surface area contributed by atoms with Crippen molar-refractivity contribution in [2.45, 2.75) is 84.0 Å². The highest BCUT2D eigenvalue weighted by atomic mass is 35.5. The lowest BCUT2D eigenvalue weighted by Crippen LogP contribution is -2.00. The van der Waals surface area contributed by atoms with Gasteiger partial charge in [-0.05, 0) is 30.4 Å². The average molecular weight is 295 g/mol. The Hall–Kier alpha value is -0.490. The lowest BCUT2D eigenvalue weighted by Gasteiger charge is -2.18. The van der Waals surface area contributed by atoms with Gasteiger partial charge in [-0.2, -0.15) is 0 Å². The molecule has 0 bridgehead atoms. The zero-order valence-electron chi connectivity index (χ0n) is 13.3. The van der Waals surface area contributed by atoms with Crippen LogP contribution in [-0.4, -0.2) is 0 Å². The van der Waals surface area contributed by atoms with Gasteiger partial charge in [0, 0.05) is 5.02 Å². The Morgan fingerprint density at radius 1 is 0.800 bits per heavy atom. The molecule has 0 radical (unpaired) electrons. The topological polar surface area (TPSA) is 0 Å². The Labute approximate surface area is 130 Å². The van der Waals surface area contributed by atoms with Crippen molar-refractivity contribution in [2.75, 3.05) is 0 Å². The van der Waals surface area contributed by atoms with Crippen LogP contribution in [0.2, 0.25) is 5.02 Å². The smallest absolute Gasteiger partial charge is 0.0440 e. The van der Waals surface area contributed by atoms with Gasteiger partial charge in [0.05, 0.1) is 0 Å². The molecule has 1 unspecified atom stereocenters. The number of halogens is 1. The Morgan fingerprint density at radius 2 is 1.45 bits per heavy atom. The molecule has 1 atom stereocenters. The molecule has 114 valence electrons. The molecular formula is C19H31Cl. The van der Waals surface area contributed by atoms with Gasteiger partial charge in [-0.25, -0.2) is 0 Å². The van der Waals surface area contributed by atoms with Gasteiger partial charge in [0.15, 0.2) is 0 Å². The summed E-state index contributed by atoms with van der Waals surface area (Å²) in [4.78, 5) is 0. The van der Waals surface area contributed by atoms with E-state index in [2.05, 4.69) is 26.0 Å². The fourth-order valence-electron chi connectivity index (χ4n) is 2.96. The maximum Gasteiger partial charge on any atom is 0.0440 e. The highest BCUT2D eigenvalue weighted by Gasteiger charge is 2.13. The Balaban J connectivity index is 2.31. The molecule has 0 saturated heterocycles. The van der Waals surface area contributed by atoms with Crippen LogP contribution in [0.25, 0.3) is 0 Å².